The molecule has 59 heavy (non-hydrogen) atoms. The first-order chi connectivity index (χ1) is 28.3. The Morgan fingerprint density at radius 2 is 1.78 bits per heavy atom. The van der Waals surface area contributed by atoms with Crippen LogP contribution in [0.5, 0.6) is 11.5 Å². The highest BCUT2D eigenvalue weighted by molar-refractivity contribution is 6.74. The van der Waals surface area contributed by atoms with Gasteiger partial charge in [-0.2, -0.15) is 0 Å². The number of piperidine rings is 3. The van der Waals surface area contributed by atoms with E-state index in [1.165, 1.54) is 6.07 Å². The molecular formula is C48H58N4O6Si. The van der Waals surface area contributed by atoms with E-state index in [1.807, 2.05) is 60.7 Å². The predicted octanol–water partition coefficient (Wildman–Crippen LogP) is 9.88. The first-order valence-corrected chi connectivity index (χ1v) is 23.7. The maximum Gasteiger partial charge on any atom is 0.411 e. The number of fused-ring (bicyclic) bond motifs is 4. The summed E-state index contributed by atoms with van der Waals surface area (Å²) in [5.41, 5.74) is 5.80. The second kappa shape index (κ2) is 18.4. The summed E-state index contributed by atoms with van der Waals surface area (Å²) < 4.78 is 19.1. The van der Waals surface area contributed by atoms with E-state index in [9.17, 15) is 14.7 Å². The first kappa shape index (κ1) is 41.9. The molecule has 2 bridgehead atoms. The van der Waals surface area contributed by atoms with Crippen molar-refractivity contribution >= 4 is 37.1 Å². The van der Waals surface area contributed by atoms with Gasteiger partial charge in [0, 0.05) is 36.7 Å². The van der Waals surface area contributed by atoms with Gasteiger partial charge in [0.05, 0.1) is 23.9 Å². The summed E-state index contributed by atoms with van der Waals surface area (Å²) in [4.78, 5) is 30.5. The number of H-pyrrole nitrogens is 1. The number of hydrogen-bond acceptors (Lipinski definition) is 8. The van der Waals surface area contributed by atoms with E-state index in [-0.39, 0.29) is 28.6 Å². The van der Waals surface area contributed by atoms with Crippen molar-refractivity contribution in [3.05, 3.63) is 130 Å². The third-order valence-electron chi connectivity index (χ3n) is 12.1. The second-order valence-corrected chi connectivity index (χ2v) is 22.1. The molecule has 2 atom stereocenters. The summed E-state index contributed by atoms with van der Waals surface area (Å²) in [6.45, 7) is 15.8. The van der Waals surface area contributed by atoms with Gasteiger partial charge >= 0.3 is 6.09 Å². The third kappa shape index (κ3) is 10.5. The average molecular weight is 815 g/mol. The van der Waals surface area contributed by atoms with E-state index in [2.05, 4.69) is 84.7 Å². The van der Waals surface area contributed by atoms with E-state index in [1.54, 1.807) is 12.1 Å². The minimum Gasteiger partial charge on any atom is -0.506 e. The Morgan fingerprint density at radius 3 is 2.53 bits per heavy atom. The molecule has 0 unspecified atom stereocenters. The fourth-order valence-electron chi connectivity index (χ4n) is 7.80. The van der Waals surface area contributed by atoms with Gasteiger partial charge in [0.25, 0.3) is 0 Å². The molecule has 8 rings (SSSR count). The number of aromatic nitrogens is 1. The van der Waals surface area contributed by atoms with Crippen LogP contribution in [0.3, 0.4) is 0 Å². The third-order valence-corrected chi connectivity index (χ3v) is 16.6. The Balaban J connectivity index is 0.956. The van der Waals surface area contributed by atoms with Gasteiger partial charge in [-0.05, 0) is 109 Å². The number of rotatable bonds is 15. The van der Waals surface area contributed by atoms with Crippen LogP contribution in [0.2, 0.25) is 18.1 Å². The molecule has 3 fully saturated rings. The molecule has 1 amide bonds. The van der Waals surface area contributed by atoms with Crippen LogP contribution in [0.15, 0.2) is 108 Å². The van der Waals surface area contributed by atoms with Crippen LogP contribution in [0, 0.1) is 5.92 Å². The van der Waals surface area contributed by atoms with E-state index in [4.69, 9.17) is 13.9 Å². The summed E-state index contributed by atoms with van der Waals surface area (Å²) in [5.74, 6) is 1.26. The number of phenols is 1. The zero-order valence-corrected chi connectivity index (χ0v) is 35.9. The van der Waals surface area contributed by atoms with Crippen molar-refractivity contribution < 1.29 is 23.8 Å². The van der Waals surface area contributed by atoms with E-state index in [0.29, 0.717) is 37.6 Å². The topological polar surface area (TPSA) is 125 Å². The highest BCUT2D eigenvalue weighted by Gasteiger charge is 2.40. The average Bonchev–Trinajstić information content (AvgIpc) is 3.21. The van der Waals surface area contributed by atoms with Crippen LogP contribution in [0.1, 0.15) is 62.8 Å². The van der Waals surface area contributed by atoms with Crippen molar-refractivity contribution in [2.24, 2.45) is 5.92 Å². The van der Waals surface area contributed by atoms with Crippen LogP contribution in [-0.4, -0.2) is 68.3 Å². The molecule has 5 aromatic rings. The number of hydrogen-bond donors (Lipinski definition) is 4. The number of benzene rings is 4. The maximum atomic E-state index is 13.2. The molecule has 10 nitrogen and oxygen atoms in total. The van der Waals surface area contributed by atoms with Crippen LogP contribution in [-0.2, 0) is 15.7 Å². The molecule has 0 spiro atoms. The van der Waals surface area contributed by atoms with Crippen LogP contribution < -0.4 is 20.9 Å². The number of aromatic hydroxyl groups is 1. The quantitative estimate of drug-likeness (QED) is 0.0609. The summed E-state index contributed by atoms with van der Waals surface area (Å²) >= 11 is 0. The number of phenolic OH excluding ortho intramolecular Hbond substituents is 1. The zero-order valence-electron chi connectivity index (χ0n) is 34.9. The molecule has 11 heteroatoms. The molecule has 4 aromatic carbocycles. The molecule has 4 heterocycles. The van der Waals surface area contributed by atoms with Crippen molar-refractivity contribution in [1.29, 1.82) is 0 Å². The van der Waals surface area contributed by atoms with Crippen molar-refractivity contribution in [3.63, 3.8) is 0 Å². The summed E-state index contributed by atoms with van der Waals surface area (Å²) in [7, 11) is -2.20. The van der Waals surface area contributed by atoms with Gasteiger partial charge in [-0.3, -0.25) is 15.0 Å². The number of ether oxygens (including phenoxy) is 2. The minimum absolute atomic E-state index is 0.0114. The molecule has 0 radical (unpaired) electrons. The number of amides is 1. The van der Waals surface area contributed by atoms with Gasteiger partial charge < -0.3 is 29.3 Å². The molecule has 4 N–H and O–H groups in total. The lowest BCUT2D eigenvalue weighted by molar-refractivity contribution is -0.0289. The summed E-state index contributed by atoms with van der Waals surface area (Å²) in [5, 5.41) is 18.0. The molecule has 0 saturated carbocycles. The van der Waals surface area contributed by atoms with Crippen molar-refractivity contribution in [3.8, 4) is 22.6 Å². The Morgan fingerprint density at radius 1 is 0.983 bits per heavy atom. The SMILES string of the molecule is CC(C)(C)[Si](C)(C)O[C@@H](CNCc1cccc(OCC/C=C/c2ccc(-c3ccccc3)c(NC(=O)O[C@H]3CN4CCC3CC4)c2)c1)c1ccc(O)c2[nH]c(=O)ccc12. The number of nitrogens with zero attached hydrogens (tertiary/aromatic N) is 1. The second-order valence-electron chi connectivity index (χ2n) is 17.3. The van der Waals surface area contributed by atoms with Crippen molar-refractivity contribution in [2.75, 3.05) is 38.1 Å². The summed E-state index contributed by atoms with van der Waals surface area (Å²) in [6.07, 6.45) is 6.24. The number of pyridine rings is 1. The van der Waals surface area contributed by atoms with Crippen molar-refractivity contribution in [1.82, 2.24) is 15.2 Å². The number of carbonyl (C=O) groups excluding carboxylic acids is 1. The monoisotopic (exact) mass is 814 g/mol. The maximum absolute atomic E-state index is 13.2. The van der Waals surface area contributed by atoms with Gasteiger partial charge in [-0.1, -0.05) is 93.6 Å². The van der Waals surface area contributed by atoms with Gasteiger partial charge in [0.2, 0.25) is 5.56 Å². The molecule has 1 aromatic heterocycles. The molecule has 310 valence electrons. The fourth-order valence-corrected chi connectivity index (χ4v) is 9.08. The Bertz CT molecular complexity index is 2310. The zero-order chi connectivity index (χ0) is 41.6. The number of anilines is 1. The number of nitrogens with one attached hydrogen (secondary N) is 3. The lowest BCUT2D eigenvalue weighted by atomic mass is 9.86. The lowest BCUT2D eigenvalue weighted by Crippen LogP contribution is -2.52. The fraction of sp³-hybridized carbons (Fsp3) is 0.375. The Kier molecular flexibility index (Phi) is 13.1. The molecule has 3 aliphatic rings. The Labute approximate surface area is 348 Å². The van der Waals surface area contributed by atoms with E-state index < -0.39 is 14.4 Å². The number of aromatic amines is 1. The van der Waals surface area contributed by atoms with Crippen molar-refractivity contribution in [2.45, 2.75) is 76.9 Å². The van der Waals surface area contributed by atoms with Gasteiger partial charge in [-0.15, -0.1) is 0 Å². The largest absolute Gasteiger partial charge is 0.506 e. The van der Waals surface area contributed by atoms with Crippen LogP contribution in [0.25, 0.3) is 28.1 Å². The highest BCUT2D eigenvalue weighted by atomic mass is 28.4. The molecule has 3 saturated heterocycles. The van der Waals surface area contributed by atoms with Gasteiger partial charge in [0.1, 0.15) is 17.6 Å². The van der Waals surface area contributed by atoms with Crippen LogP contribution in [0.4, 0.5) is 10.5 Å². The standard InChI is InChI=1S/C48H58N4O6Si/c1-48(2,3)59(4,5)58-43(39-19-21-42(53)46-40(39)20-22-45(54)51-46)31-49-30-34-13-11-16-37(28-34)56-27-10-9-12-33-17-18-38(35-14-7-6-8-15-35)41(29-33)50-47(55)57-44-32-52-25-23-36(44)24-26-52/h6-9,11-22,28-29,36,43-44,49,53H,10,23-27,30-32H2,1-5H3,(H,50,55)(H,51,54)/b12-9+/t43-,44-/m0/s1. The molecular weight excluding hydrogens is 757 g/mol. The van der Waals surface area contributed by atoms with E-state index >= 15 is 0 Å². The van der Waals surface area contributed by atoms with Gasteiger partial charge in [-0.25, -0.2) is 4.79 Å². The Hall–Kier alpha value is -5.20. The number of carbonyl (C=O) groups is 1. The lowest BCUT2D eigenvalue weighted by Gasteiger charge is -2.43. The van der Waals surface area contributed by atoms with Crippen LogP contribution >= 0.6 is 0 Å². The molecule has 0 aliphatic carbocycles. The highest BCUT2D eigenvalue weighted by Crippen LogP contribution is 2.41. The normalized spacial score (nSPS) is 18.6. The predicted molar refractivity (Wildman–Crippen MR) is 239 cm³/mol. The van der Waals surface area contributed by atoms with E-state index in [0.717, 1.165) is 77.1 Å². The smallest absolute Gasteiger partial charge is 0.411 e. The first-order valence-electron chi connectivity index (χ1n) is 20.8. The summed E-state index contributed by atoms with van der Waals surface area (Å²) in [6, 6.07) is 31.0. The van der Waals surface area contributed by atoms with Gasteiger partial charge in [0.15, 0.2) is 8.32 Å². The molecule has 3 aliphatic heterocycles. The minimum atomic E-state index is -2.20.